The monoisotopic (exact) mass is 416 g/mol. The number of carbonyl (C=O) groups excluding carboxylic acids is 1. The summed E-state index contributed by atoms with van der Waals surface area (Å²) in [5.41, 5.74) is 5.18. The Hall–Kier alpha value is -3.25. The third-order valence-corrected chi connectivity index (χ3v) is 5.69. The van der Waals surface area contributed by atoms with Crippen LogP contribution >= 0.6 is 11.3 Å². The van der Waals surface area contributed by atoms with Crippen LogP contribution in [0.25, 0.3) is 11.1 Å². The van der Waals surface area contributed by atoms with E-state index in [1.54, 1.807) is 18.7 Å². The summed E-state index contributed by atoms with van der Waals surface area (Å²) in [4.78, 5) is 21.2. The molecule has 0 unspecified atom stereocenters. The SMILES string of the molecule is CC(C)(C)c1ccc(-c2ccc(C(=O)Nc3nccs3)c(Cn3ccnc3)c2)cc1. The summed E-state index contributed by atoms with van der Waals surface area (Å²) in [5.74, 6) is -0.158. The van der Waals surface area contributed by atoms with Gasteiger partial charge in [-0.2, -0.15) is 0 Å². The first-order chi connectivity index (χ1) is 14.4. The lowest BCUT2D eigenvalue weighted by atomic mass is 9.86. The highest BCUT2D eigenvalue weighted by atomic mass is 32.1. The van der Waals surface area contributed by atoms with Crippen molar-refractivity contribution in [3.63, 3.8) is 0 Å². The van der Waals surface area contributed by atoms with E-state index in [0.717, 1.165) is 16.7 Å². The quantitative estimate of drug-likeness (QED) is 0.460. The molecule has 0 aliphatic carbocycles. The van der Waals surface area contributed by atoms with Crippen LogP contribution in [0.5, 0.6) is 0 Å². The number of benzene rings is 2. The fourth-order valence-electron chi connectivity index (χ4n) is 3.31. The Kier molecular flexibility index (Phi) is 5.50. The van der Waals surface area contributed by atoms with Crippen LogP contribution in [0.3, 0.4) is 0 Å². The number of rotatable bonds is 5. The Morgan fingerprint density at radius 1 is 1.07 bits per heavy atom. The van der Waals surface area contributed by atoms with Gasteiger partial charge in [0.05, 0.1) is 6.33 Å². The molecule has 6 heteroatoms. The molecule has 0 aliphatic heterocycles. The topological polar surface area (TPSA) is 59.8 Å². The van der Waals surface area contributed by atoms with Crippen molar-refractivity contribution in [3.05, 3.63) is 89.5 Å². The fraction of sp³-hybridized carbons (Fsp3) is 0.208. The summed E-state index contributed by atoms with van der Waals surface area (Å²) in [5, 5.41) is 5.32. The van der Waals surface area contributed by atoms with Crippen molar-refractivity contribution in [3.8, 4) is 11.1 Å². The van der Waals surface area contributed by atoms with Gasteiger partial charge in [0, 0.05) is 36.1 Å². The number of imidazole rings is 1. The van der Waals surface area contributed by atoms with Crippen molar-refractivity contribution in [1.29, 1.82) is 0 Å². The van der Waals surface area contributed by atoms with E-state index in [-0.39, 0.29) is 11.3 Å². The molecule has 0 spiro atoms. The number of thiazole rings is 1. The number of amides is 1. The minimum atomic E-state index is -0.158. The zero-order chi connectivity index (χ0) is 21.1. The molecule has 0 fully saturated rings. The lowest BCUT2D eigenvalue weighted by molar-refractivity contribution is 0.102. The van der Waals surface area contributed by atoms with E-state index in [4.69, 9.17) is 0 Å². The highest BCUT2D eigenvalue weighted by molar-refractivity contribution is 7.13. The molecule has 1 N–H and O–H groups in total. The van der Waals surface area contributed by atoms with Gasteiger partial charge in [-0.25, -0.2) is 9.97 Å². The van der Waals surface area contributed by atoms with Crippen LogP contribution in [0, 0.1) is 0 Å². The van der Waals surface area contributed by atoms with Gasteiger partial charge in [0.25, 0.3) is 5.91 Å². The minimum Gasteiger partial charge on any atom is -0.333 e. The fourth-order valence-corrected chi connectivity index (χ4v) is 3.84. The van der Waals surface area contributed by atoms with Crippen LogP contribution in [-0.4, -0.2) is 20.4 Å². The van der Waals surface area contributed by atoms with Gasteiger partial charge in [0.2, 0.25) is 0 Å². The number of nitrogens with zero attached hydrogens (tertiary/aromatic N) is 3. The van der Waals surface area contributed by atoms with Crippen LogP contribution in [0.15, 0.2) is 72.8 Å². The summed E-state index contributed by atoms with van der Waals surface area (Å²) in [6.07, 6.45) is 7.07. The number of hydrogen-bond donors (Lipinski definition) is 1. The van der Waals surface area contributed by atoms with E-state index in [0.29, 0.717) is 17.2 Å². The van der Waals surface area contributed by atoms with E-state index in [9.17, 15) is 4.79 Å². The van der Waals surface area contributed by atoms with Gasteiger partial charge in [-0.15, -0.1) is 11.3 Å². The standard InChI is InChI=1S/C24H24N4OS/c1-24(2,3)20-7-4-17(5-8-20)18-6-9-21(22(29)27-23-26-11-13-30-23)19(14-18)15-28-12-10-25-16-28/h4-14,16H,15H2,1-3H3,(H,26,27,29). The smallest absolute Gasteiger partial charge is 0.257 e. The second-order valence-corrected chi connectivity index (χ2v) is 9.12. The summed E-state index contributed by atoms with van der Waals surface area (Å²) in [6, 6.07) is 14.6. The van der Waals surface area contributed by atoms with E-state index in [2.05, 4.69) is 66.4 Å². The highest BCUT2D eigenvalue weighted by Gasteiger charge is 2.16. The number of carbonyl (C=O) groups is 1. The molecule has 0 aliphatic rings. The molecule has 1 amide bonds. The molecule has 0 saturated heterocycles. The highest BCUT2D eigenvalue weighted by Crippen LogP contribution is 2.28. The van der Waals surface area contributed by atoms with Crippen molar-refractivity contribution >= 4 is 22.4 Å². The van der Waals surface area contributed by atoms with Crippen molar-refractivity contribution in [2.45, 2.75) is 32.7 Å². The first-order valence-electron chi connectivity index (χ1n) is 9.80. The Morgan fingerprint density at radius 3 is 2.47 bits per heavy atom. The Bertz CT molecular complexity index is 1130. The molecule has 2 heterocycles. The molecule has 0 atom stereocenters. The van der Waals surface area contributed by atoms with E-state index in [1.165, 1.54) is 16.9 Å². The maximum Gasteiger partial charge on any atom is 0.257 e. The van der Waals surface area contributed by atoms with Gasteiger partial charge in [-0.1, -0.05) is 51.1 Å². The predicted octanol–water partition coefficient (Wildman–Crippen LogP) is 5.60. The Balaban J connectivity index is 1.68. The summed E-state index contributed by atoms with van der Waals surface area (Å²) < 4.78 is 1.96. The van der Waals surface area contributed by atoms with Crippen LogP contribution in [0.1, 0.15) is 42.3 Å². The number of hydrogen-bond acceptors (Lipinski definition) is 4. The molecular weight excluding hydrogens is 392 g/mol. The maximum atomic E-state index is 12.9. The largest absolute Gasteiger partial charge is 0.333 e. The molecule has 4 rings (SSSR count). The molecule has 2 aromatic carbocycles. The van der Waals surface area contributed by atoms with Gasteiger partial charge < -0.3 is 4.57 Å². The second-order valence-electron chi connectivity index (χ2n) is 8.23. The number of anilines is 1. The van der Waals surface area contributed by atoms with Crippen molar-refractivity contribution in [1.82, 2.24) is 14.5 Å². The molecule has 30 heavy (non-hydrogen) atoms. The average molecular weight is 417 g/mol. The lowest BCUT2D eigenvalue weighted by Crippen LogP contribution is -2.15. The number of nitrogens with one attached hydrogen (secondary N) is 1. The minimum absolute atomic E-state index is 0.114. The van der Waals surface area contributed by atoms with Crippen molar-refractivity contribution < 1.29 is 4.79 Å². The summed E-state index contributed by atoms with van der Waals surface area (Å²) in [7, 11) is 0. The third-order valence-electron chi connectivity index (χ3n) is 5.00. The lowest BCUT2D eigenvalue weighted by Gasteiger charge is -2.19. The Morgan fingerprint density at radius 2 is 1.83 bits per heavy atom. The molecule has 0 saturated carbocycles. The third kappa shape index (κ3) is 4.49. The molecular formula is C24H24N4OS. The van der Waals surface area contributed by atoms with Gasteiger partial charge >= 0.3 is 0 Å². The number of aromatic nitrogens is 3. The van der Waals surface area contributed by atoms with Crippen molar-refractivity contribution in [2.75, 3.05) is 5.32 Å². The second kappa shape index (κ2) is 8.24. The van der Waals surface area contributed by atoms with Crippen LogP contribution in [0.4, 0.5) is 5.13 Å². The van der Waals surface area contributed by atoms with Gasteiger partial charge in [-0.3, -0.25) is 10.1 Å². The van der Waals surface area contributed by atoms with Gasteiger partial charge in [0.15, 0.2) is 5.13 Å². The van der Waals surface area contributed by atoms with Crippen LogP contribution in [0.2, 0.25) is 0 Å². The van der Waals surface area contributed by atoms with E-state index in [1.807, 2.05) is 28.3 Å². The normalized spacial score (nSPS) is 11.4. The van der Waals surface area contributed by atoms with Crippen molar-refractivity contribution in [2.24, 2.45) is 0 Å². The Labute approximate surface area is 180 Å². The first kappa shape index (κ1) is 20.0. The average Bonchev–Trinajstić information content (AvgIpc) is 3.42. The van der Waals surface area contributed by atoms with Gasteiger partial charge in [0.1, 0.15) is 0 Å². The molecule has 4 aromatic rings. The molecule has 0 bridgehead atoms. The molecule has 152 valence electrons. The predicted molar refractivity (Wildman–Crippen MR) is 122 cm³/mol. The molecule has 2 aromatic heterocycles. The summed E-state index contributed by atoms with van der Waals surface area (Å²) >= 11 is 1.40. The zero-order valence-electron chi connectivity index (χ0n) is 17.3. The first-order valence-corrected chi connectivity index (χ1v) is 10.7. The van der Waals surface area contributed by atoms with E-state index < -0.39 is 0 Å². The molecule has 5 nitrogen and oxygen atoms in total. The van der Waals surface area contributed by atoms with E-state index >= 15 is 0 Å². The summed E-state index contributed by atoms with van der Waals surface area (Å²) in [6.45, 7) is 7.19. The van der Waals surface area contributed by atoms with Crippen LogP contribution < -0.4 is 5.32 Å². The van der Waals surface area contributed by atoms with Gasteiger partial charge in [-0.05, 0) is 39.8 Å². The van der Waals surface area contributed by atoms with Crippen LogP contribution in [-0.2, 0) is 12.0 Å². The molecule has 0 radical (unpaired) electrons. The maximum absolute atomic E-state index is 12.9. The zero-order valence-corrected chi connectivity index (χ0v) is 18.1.